The zero-order chi connectivity index (χ0) is 14.8. The molecule has 0 aromatic carbocycles. The van der Waals surface area contributed by atoms with E-state index in [1.807, 2.05) is 0 Å². The Balaban J connectivity index is 3.30. The summed E-state index contributed by atoms with van der Waals surface area (Å²) in [6, 6.07) is -0.761. The van der Waals surface area contributed by atoms with Gasteiger partial charge in [-0.15, -0.1) is 0 Å². The molecule has 0 aliphatic carbocycles. The highest BCUT2D eigenvalue weighted by Gasteiger charge is 2.51. The van der Waals surface area contributed by atoms with Crippen LogP contribution in [0.2, 0.25) is 0 Å². The van der Waals surface area contributed by atoms with E-state index in [0.29, 0.717) is 0 Å². The number of hydrogen-bond acceptors (Lipinski definition) is 5. The highest BCUT2D eigenvalue weighted by molar-refractivity contribution is 5.90. The third-order valence-electron chi connectivity index (χ3n) is 3.20. The molecule has 0 saturated heterocycles. The average molecular weight is 273 g/mol. The average Bonchev–Trinajstić information content (AvgIpc) is 2.32. The second-order valence-electron chi connectivity index (χ2n) is 4.36. The van der Waals surface area contributed by atoms with Crippen molar-refractivity contribution in [1.29, 1.82) is 0 Å². The first-order valence-electron chi connectivity index (χ1n) is 5.79. The van der Waals surface area contributed by atoms with Gasteiger partial charge in [-0.3, -0.25) is 4.79 Å². The number of hydrogen-bond donors (Lipinski definition) is 2. The molecule has 0 saturated carbocycles. The first-order valence-corrected chi connectivity index (χ1v) is 5.79. The number of carbonyl (C=O) groups excluding carboxylic acids is 1. The number of carboxylic acids is 1. The summed E-state index contributed by atoms with van der Waals surface area (Å²) in [6.07, 6.45) is 0. The van der Waals surface area contributed by atoms with Crippen molar-refractivity contribution >= 4 is 11.9 Å². The molecule has 1 aliphatic heterocycles. The van der Waals surface area contributed by atoms with Gasteiger partial charge in [0.25, 0.3) is 0 Å². The molecule has 19 heavy (non-hydrogen) atoms. The summed E-state index contributed by atoms with van der Waals surface area (Å²) in [5.74, 6) is -3.31. The van der Waals surface area contributed by atoms with Gasteiger partial charge < -0.3 is 24.6 Å². The standard InChI is InChI=1S/C12H19NO6/c1-6-10(13-8(3)14)9(11(15)16)7(2)19-12(6,17-4)18-5/h6,10H,1-5H3,(H,13,14)(H,15,16). The van der Waals surface area contributed by atoms with Gasteiger partial charge in [-0.25, -0.2) is 4.79 Å². The molecule has 0 aromatic rings. The maximum absolute atomic E-state index is 11.3. The van der Waals surface area contributed by atoms with E-state index in [0.717, 1.165) is 0 Å². The molecule has 7 heteroatoms. The monoisotopic (exact) mass is 273 g/mol. The quantitative estimate of drug-likeness (QED) is 0.723. The van der Waals surface area contributed by atoms with Gasteiger partial charge >= 0.3 is 11.9 Å². The molecule has 1 heterocycles. The minimum atomic E-state index is -1.42. The van der Waals surface area contributed by atoms with Crippen LogP contribution < -0.4 is 5.32 Å². The zero-order valence-electron chi connectivity index (χ0n) is 11.6. The van der Waals surface area contributed by atoms with Crippen molar-refractivity contribution < 1.29 is 28.9 Å². The Morgan fingerprint density at radius 1 is 1.37 bits per heavy atom. The molecule has 1 amide bonds. The van der Waals surface area contributed by atoms with Crippen molar-refractivity contribution in [2.45, 2.75) is 32.8 Å². The third kappa shape index (κ3) is 2.71. The summed E-state index contributed by atoms with van der Waals surface area (Å²) in [7, 11) is 2.79. The Kier molecular flexibility index (Phi) is 4.54. The van der Waals surface area contributed by atoms with Gasteiger partial charge in [0.15, 0.2) is 0 Å². The van der Waals surface area contributed by atoms with Gasteiger partial charge in [0.2, 0.25) is 5.91 Å². The smallest absolute Gasteiger partial charge is 0.337 e. The Labute approximate surface area is 111 Å². The van der Waals surface area contributed by atoms with Gasteiger partial charge in [0, 0.05) is 21.1 Å². The summed E-state index contributed by atoms with van der Waals surface area (Å²) in [5, 5.41) is 11.9. The lowest BCUT2D eigenvalue weighted by atomic mass is 9.88. The van der Waals surface area contributed by atoms with Crippen LogP contribution in [0, 0.1) is 5.92 Å². The van der Waals surface area contributed by atoms with Crippen molar-refractivity contribution in [3.63, 3.8) is 0 Å². The predicted molar refractivity (Wildman–Crippen MR) is 64.9 cm³/mol. The molecule has 1 rings (SSSR count). The van der Waals surface area contributed by atoms with E-state index in [1.54, 1.807) is 6.92 Å². The van der Waals surface area contributed by atoms with Crippen LogP contribution in [0.25, 0.3) is 0 Å². The first-order chi connectivity index (χ1) is 8.79. The normalized spacial score (nSPS) is 25.7. The molecular formula is C12H19NO6. The van der Waals surface area contributed by atoms with Crippen LogP contribution in [0.3, 0.4) is 0 Å². The van der Waals surface area contributed by atoms with E-state index in [4.69, 9.17) is 14.2 Å². The molecule has 0 spiro atoms. The van der Waals surface area contributed by atoms with Crippen LogP contribution in [0.4, 0.5) is 0 Å². The molecule has 7 nitrogen and oxygen atoms in total. The zero-order valence-corrected chi connectivity index (χ0v) is 11.6. The number of rotatable bonds is 4. The molecule has 2 unspecified atom stereocenters. The SMILES string of the molecule is COC1(OC)OC(C)=C(C(=O)O)C(NC(C)=O)C1C. The second-order valence-corrected chi connectivity index (χ2v) is 4.36. The van der Waals surface area contributed by atoms with Crippen LogP contribution >= 0.6 is 0 Å². The number of aliphatic carboxylic acids is 1. The minimum Gasteiger partial charge on any atom is -0.478 e. The Morgan fingerprint density at radius 2 is 1.89 bits per heavy atom. The van der Waals surface area contributed by atoms with E-state index in [1.165, 1.54) is 28.1 Å². The molecule has 0 bridgehead atoms. The number of methoxy groups -OCH3 is 2. The Morgan fingerprint density at radius 3 is 2.26 bits per heavy atom. The van der Waals surface area contributed by atoms with Gasteiger partial charge in [-0.1, -0.05) is 6.92 Å². The van der Waals surface area contributed by atoms with E-state index in [-0.39, 0.29) is 17.2 Å². The van der Waals surface area contributed by atoms with E-state index < -0.39 is 23.9 Å². The lowest BCUT2D eigenvalue weighted by Gasteiger charge is -2.43. The van der Waals surface area contributed by atoms with Crippen molar-refractivity contribution in [3.8, 4) is 0 Å². The molecule has 2 N–H and O–H groups in total. The summed E-state index contributed by atoms with van der Waals surface area (Å²) < 4.78 is 15.9. The van der Waals surface area contributed by atoms with Gasteiger partial charge in [-0.2, -0.15) is 0 Å². The first kappa shape index (κ1) is 15.5. The molecular weight excluding hydrogens is 254 g/mol. The molecule has 0 aromatic heterocycles. The maximum atomic E-state index is 11.3. The lowest BCUT2D eigenvalue weighted by molar-refractivity contribution is -0.378. The molecule has 2 atom stereocenters. The fraction of sp³-hybridized carbons (Fsp3) is 0.667. The molecule has 1 aliphatic rings. The lowest BCUT2D eigenvalue weighted by Crippen LogP contribution is -2.57. The van der Waals surface area contributed by atoms with Gasteiger partial charge in [0.05, 0.1) is 17.5 Å². The third-order valence-corrected chi connectivity index (χ3v) is 3.20. The summed E-state index contributed by atoms with van der Waals surface area (Å²) in [5.41, 5.74) is -0.00701. The van der Waals surface area contributed by atoms with E-state index >= 15 is 0 Å². The fourth-order valence-electron chi connectivity index (χ4n) is 2.27. The highest BCUT2D eigenvalue weighted by atomic mass is 16.9. The summed E-state index contributed by atoms with van der Waals surface area (Å²) >= 11 is 0. The van der Waals surface area contributed by atoms with Gasteiger partial charge in [-0.05, 0) is 6.92 Å². The Hall–Kier alpha value is -1.60. The van der Waals surface area contributed by atoms with Crippen LogP contribution in [-0.2, 0) is 23.8 Å². The fourth-order valence-corrected chi connectivity index (χ4v) is 2.27. The van der Waals surface area contributed by atoms with Crippen LogP contribution in [0.15, 0.2) is 11.3 Å². The highest BCUT2D eigenvalue weighted by Crippen LogP contribution is 2.38. The minimum absolute atomic E-state index is 0.00701. The Bertz CT molecular complexity index is 412. The summed E-state index contributed by atoms with van der Waals surface area (Å²) in [6.45, 7) is 4.50. The van der Waals surface area contributed by atoms with Crippen LogP contribution in [0.5, 0.6) is 0 Å². The number of ether oxygens (including phenoxy) is 3. The molecule has 0 fully saturated rings. The number of amides is 1. The second kappa shape index (κ2) is 5.58. The predicted octanol–water partition coefficient (Wildman–Crippen LogP) is 0.463. The number of nitrogens with one attached hydrogen (secondary N) is 1. The number of carbonyl (C=O) groups is 2. The molecule has 0 radical (unpaired) electrons. The van der Waals surface area contributed by atoms with Crippen LogP contribution in [0.1, 0.15) is 20.8 Å². The number of allylic oxidation sites excluding steroid dienone is 1. The van der Waals surface area contributed by atoms with Crippen LogP contribution in [-0.4, -0.2) is 43.2 Å². The van der Waals surface area contributed by atoms with Gasteiger partial charge in [0.1, 0.15) is 5.76 Å². The topological polar surface area (TPSA) is 94.1 Å². The van der Waals surface area contributed by atoms with Crippen molar-refractivity contribution in [1.82, 2.24) is 5.32 Å². The maximum Gasteiger partial charge on any atom is 0.337 e. The number of carboxylic acid groups (broad SMARTS) is 1. The molecule has 108 valence electrons. The summed E-state index contributed by atoms with van der Waals surface area (Å²) in [4.78, 5) is 22.6. The van der Waals surface area contributed by atoms with Crippen molar-refractivity contribution in [2.75, 3.05) is 14.2 Å². The van der Waals surface area contributed by atoms with Crippen molar-refractivity contribution in [3.05, 3.63) is 11.3 Å². The largest absolute Gasteiger partial charge is 0.478 e. The van der Waals surface area contributed by atoms with E-state index in [9.17, 15) is 14.7 Å². The van der Waals surface area contributed by atoms with E-state index in [2.05, 4.69) is 5.32 Å². The van der Waals surface area contributed by atoms with Crippen molar-refractivity contribution in [2.24, 2.45) is 5.92 Å².